The van der Waals surface area contributed by atoms with Crippen molar-refractivity contribution in [1.29, 1.82) is 0 Å². The monoisotopic (exact) mass is 456 g/mol. The summed E-state index contributed by atoms with van der Waals surface area (Å²) in [4.78, 5) is 28.1. The summed E-state index contributed by atoms with van der Waals surface area (Å²) in [6.07, 6.45) is 0. The Hall–Kier alpha value is -4.37. The number of nitro groups is 1. The van der Waals surface area contributed by atoms with E-state index in [-0.39, 0.29) is 11.6 Å². The molecule has 0 aliphatic carbocycles. The number of rotatable bonds is 5. The molecule has 3 aromatic rings. The third-order valence-electron chi connectivity index (χ3n) is 5.28. The SMILES string of the molecule is NC1=NC(c2ccc(NC(=C3C(=O)Nc4ccc([N+](=O)[O-])cc43)c3ccccc3)cc2)=C[SH]1. The minimum atomic E-state index is -0.471. The fourth-order valence-corrected chi connectivity index (χ4v) is 4.34. The number of nitrogens with two attached hydrogens (primary N) is 1. The first-order chi connectivity index (χ1) is 16.0. The van der Waals surface area contributed by atoms with Crippen LogP contribution in [0.5, 0.6) is 0 Å². The van der Waals surface area contributed by atoms with E-state index in [1.807, 2.05) is 60.0 Å². The van der Waals surface area contributed by atoms with E-state index < -0.39 is 4.92 Å². The van der Waals surface area contributed by atoms with Gasteiger partial charge in [0, 0.05) is 34.6 Å². The van der Waals surface area contributed by atoms with Gasteiger partial charge in [-0.25, -0.2) is 4.99 Å². The molecule has 3 aromatic carbocycles. The average molecular weight is 457 g/mol. The van der Waals surface area contributed by atoms with E-state index in [9.17, 15) is 14.9 Å². The molecule has 0 saturated carbocycles. The highest BCUT2D eigenvalue weighted by Crippen LogP contribution is 2.39. The number of amidine groups is 1. The van der Waals surface area contributed by atoms with Crippen molar-refractivity contribution in [3.63, 3.8) is 0 Å². The van der Waals surface area contributed by atoms with Crippen LogP contribution in [0.1, 0.15) is 16.7 Å². The van der Waals surface area contributed by atoms with Crippen molar-refractivity contribution in [3.05, 3.63) is 105 Å². The molecule has 2 heterocycles. The highest BCUT2D eigenvalue weighted by Gasteiger charge is 2.30. The quantitative estimate of drug-likeness (QED) is 0.193. The number of hydrogen-bond donors (Lipinski definition) is 4. The zero-order chi connectivity index (χ0) is 22.9. The lowest BCUT2D eigenvalue weighted by Gasteiger charge is -2.15. The topological polar surface area (TPSA) is 123 Å². The number of benzene rings is 3. The molecular formula is C24H18N5O3S. The molecule has 4 N–H and O–H groups in total. The molecule has 1 radical (unpaired) electrons. The van der Waals surface area contributed by atoms with Gasteiger partial charge >= 0.3 is 0 Å². The van der Waals surface area contributed by atoms with E-state index in [1.165, 1.54) is 12.1 Å². The zero-order valence-electron chi connectivity index (χ0n) is 17.1. The molecule has 8 nitrogen and oxygen atoms in total. The molecule has 0 fully saturated rings. The third-order valence-corrected chi connectivity index (χ3v) is 6.01. The van der Waals surface area contributed by atoms with Crippen LogP contribution in [0.15, 0.2) is 83.2 Å². The molecule has 0 spiro atoms. The lowest BCUT2D eigenvalue weighted by atomic mass is 9.99. The van der Waals surface area contributed by atoms with Gasteiger partial charge in [0.1, 0.15) is 0 Å². The molecule has 0 atom stereocenters. The van der Waals surface area contributed by atoms with E-state index in [2.05, 4.69) is 15.6 Å². The Morgan fingerprint density at radius 2 is 1.82 bits per heavy atom. The van der Waals surface area contributed by atoms with E-state index in [0.717, 1.165) is 34.3 Å². The molecule has 5 rings (SSSR count). The van der Waals surface area contributed by atoms with Gasteiger partial charge in [0.25, 0.3) is 11.6 Å². The minimum absolute atomic E-state index is 0.0801. The number of thiol groups is 1. The summed E-state index contributed by atoms with van der Waals surface area (Å²) in [6.45, 7) is 0. The molecule has 33 heavy (non-hydrogen) atoms. The van der Waals surface area contributed by atoms with Crippen molar-refractivity contribution in [2.45, 2.75) is 0 Å². The van der Waals surface area contributed by atoms with Crippen molar-refractivity contribution < 1.29 is 9.72 Å². The Kier molecular flexibility index (Phi) is 5.15. The van der Waals surface area contributed by atoms with Crippen molar-refractivity contribution in [2.24, 2.45) is 10.7 Å². The molecule has 0 saturated heterocycles. The summed E-state index contributed by atoms with van der Waals surface area (Å²) in [5.41, 5.74) is 10.9. The number of fused-ring (bicyclic) bond motifs is 1. The molecule has 2 aliphatic heterocycles. The van der Waals surface area contributed by atoms with Crippen LogP contribution in [0, 0.1) is 10.1 Å². The predicted octanol–water partition coefficient (Wildman–Crippen LogP) is 4.62. The van der Waals surface area contributed by atoms with Crippen LogP contribution in [-0.2, 0) is 4.79 Å². The van der Waals surface area contributed by atoms with Gasteiger partial charge in [0.15, 0.2) is 5.17 Å². The second-order valence-electron chi connectivity index (χ2n) is 7.37. The smallest absolute Gasteiger partial charge is 0.270 e. The molecule has 0 unspecified atom stereocenters. The molecule has 9 heteroatoms. The first-order valence-electron chi connectivity index (χ1n) is 10.0. The number of nitro benzene ring substituents is 1. The molecule has 1 amide bonds. The van der Waals surface area contributed by atoms with Gasteiger partial charge in [0.05, 0.1) is 21.9 Å². The van der Waals surface area contributed by atoms with Crippen molar-refractivity contribution in [1.82, 2.24) is 0 Å². The van der Waals surface area contributed by atoms with E-state index >= 15 is 0 Å². The van der Waals surface area contributed by atoms with Crippen molar-refractivity contribution in [2.75, 3.05) is 10.6 Å². The summed E-state index contributed by atoms with van der Waals surface area (Å²) in [5, 5.41) is 20.0. The van der Waals surface area contributed by atoms with Crippen LogP contribution in [0.25, 0.3) is 17.0 Å². The van der Waals surface area contributed by atoms with E-state index in [4.69, 9.17) is 5.73 Å². The number of amides is 1. The molecule has 0 aromatic heterocycles. The van der Waals surface area contributed by atoms with Gasteiger partial charge in [-0.1, -0.05) is 42.5 Å². The van der Waals surface area contributed by atoms with E-state index in [1.54, 1.807) is 6.07 Å². The van der Waals surface area contributed by atoms with Crippen LogP contribution in [-0.4, -0.2) is 16.0 Å². The predicted molar refractivity (Wildman–Crippen MR) is 134 cm³/mol. The number of aliphatic imine (C=N–C) groups is 1. The number of hydrogen-bond acceptors (Lipinski definition) is 6. The van der Waals surface area contributed by atoms with Crippen LogP contribution >= 0.6 is 11.8 Å². The summed E-state index contributed by atoms with van der Waals surface area (Å²) in [6, 6.07) is 21.4. The Morgan fingerprint density at radius 1 is 1.06 bits per heavy atom. The molecule has 2 aliphatic rings. The first-order valence-corrected chi connectivity index (χ1v) is 11.0. The summed E-state index contributed by atoms with van der Waals surface area (Å²) >= 11 is 0.885. The Balaban J connectivity index is 1.59. The van der Waals surface area contributed by atoms with Gasteiger partial charge in [0.2, 0.25) is 0 Å². The van der Waals surface area contributed by atoms with Gasteiger partial charge in [-0.15, -0.1) is 11.8 Å². The summed E-state index contributed by atoms with van der Waals surface area (Å²) in [7, 11) is 0. The molecular weight excluding hydrogens is 438 g/mol. The maximum absolute atomic E-state index is 13.0. The maximum atomic E-state index is 13.0. The number of anilines is 2. The van der Waals surface area contributed by atoms with Gasteiger partial charge < -0.3 is 16.4 Å². The second-order valence-corrected chi connectivity index (χ2v) is 8.35. The number of non-ortho nitro benzene ring substituents is 1. The molecule has 0 bridgehead atoms. The Labute approximate surface area is 193 Å². The third kappa shape index (κ3) is 3.97. The van der Waals surface area contributed by atoms with Gasteiger partial charge in [-0.2, -0.15) is 0 Å². The van der Waals surface area contributed by atoms with Gasteiger partial charge in [-0.3, -0.25) is 14.9 Å². The Bertz CT molecular complexity index is 1380. The normalized spacial score (nSPS) is 15.9. The van der Waals surface area contributed by atoms with Crippen molar-refractivity contribution in [3.8, 4) is 0 Å². The summed E-state index contributed by atoms with van der Waals surface area (Å²) in [5.74, 6) is -0.326. The maximum Gasteiger partial charge on any atom is 0.270 e. The summed E-state index contributed by atoms with van der Waals surface area (Å²) < 4.78 is 0. The minimum Gasteiger partial charge on any atom is -0.379 e. The number of carbonyl (C=O) groups is 1. The standard InChI is InChI=1S/C24H18N5O3S/c25-24-28-20(13-33-24)14-6-8-16(9-7-14)26-22(15-4-2-1-3-5-15)21-18-12-17(29(31)32)10-11-19(18)27-23(21)30/h1-13,26,33H,(H2,25,28)(H,27,30). The van der Waals surface area contributed by atoms with Crippen molar-refractivity contribution >= 4 is 56.9 Å². The zero-order valence-corrected chi connectivity index (χ0v) is 18.0. The number of nitrogens with zero attached hydrogens (tertiary/aromatic N) is 2. The number of carbonyl (C=O) groups excluding carboxylic acids is 1. The molecule has 163 valence electrons. The van der Waals surface area contributed by atoms with Crippen LogP contribution in [0.3, 0.4) is 0 Å². The van der Waals surface area contributed by atoms with E-state index in [0.29, 0.717) is 27.7 Å². The fourth-order valence-electron chi connectivity index (χ4n) is 3.72. The van der Waals surface area contributed by atoms with Crippen LogP contribution in [0.4, 0.5) is 17.1 Å². The highest BCUT2D eigenvalue weighted by molar-refractivity contribution is 8.16. The Morgan fingerprint density at radius 3 is 2.48 bits per heavy atom. The van der Waals surface area contributed by atoms with Gasteiger partial charge in [-0.05, 0) is 29.2 Å². The van der Waals surface area contributed by atoms with Crippen LogP contribution in [0.2, 0.25) is 0 Å². The largest absolute Gasteiger partial charge is 0.379 e. The number of nitrogens with one attached hydrogen (secondary N) is 2. The fraction of sp³-hybridized carbons (Fsp3) is 0. The average Bonchev–Trinajstić information content (AvgIpc) is 3.40. The van der Waals surface area contributed by atoms with Crippen LogP contribution < -0.4 is 16.4 Å². The first kappa shape index (κ1) is 20.5. The lowest BCUT2D eigenvalue weighted by molar-refractivity contribution is -0.384. The second kappa shape index (κ2) is 8.29. The highest BCUT2D eigenvalue weighted by atomic mass is 32.2. The lowest BCUT2D eigenvalue weighted by Crippen LogP contribution is -2.10.